The molecule has 2 rings (SSSR count). The summed E-state index contributed by atoms with van der Waals surface area (Å²) in [5.74, 6) is 0.0141. The van der Waals surface area contributed by atoms with Gasteiger partial charge in [-0.05, 0) is 26.1 Å². The Bertz CT molecular complexity index is 407. The zero-order chi connectivity index (χ0) is 12.3. The van der Waals surface area contributed by atoms with Gasteiger partial charge in [0.2, 0.25) is 0 Å². The van der Waals surface area contributed by atoms with Crippen molar-refractivity contribution in [2.24, 2.45) is 0 Å². The standard InChI is InChI=1S/C12H18N4O/c1-15-5-2-6-16(8-7-15)12(17)10-3-4-14-9-11(10)13/h3-4,9H,2,5-8,13H2,1H3. The molecule has 5 heteroatoms. The van der Waals surface area contributed by atoms with Crippen LogP contribution < -0.4 is 5.73 Å². The van der Waals surface area contributed by atoms with Gasteiger partial charge in [0, 0.05) is 25.8 Å². The summed E-state index contributed by atoms with van der Waals surface area (Å²) in [6, 6.07) is 1.69. The van der Waals surface area contributed by atoms with E-state index >= 15 is 0 Å². The van der Waals surface area contributed by atoms with Crippen LogP contribution in [0.4, 0.5) is 5.69 Å². The summed E-state index contributed by atoms with van der Waals surface area (Å²) in [5.41, 5.74) is 6.79. The summed E-state index contributed by atoms with van der Waals surface area (Å²) in [5, 5.41) is 0. The van der Waals surface area contributed by atoms with Crippen molar-refractivity contribution in [3.05, 3.63) is 24.0 Å². The number of nitrogens with two attached hydrogens (primary N) is 1. The molecule has 1 amide bonds. The number of amides is 1. The Kier molecular flexibility index (Phi) is 3.58. The fourth-order valence-electron chi connectivity index (χ4n) is 2.02. The Hall–Kier alpha value is -1.62. The Morgan fingerprint density at radius 3 is 2.94 bits per heavy atom. The molecule has 1 aromatic rings. The molecule has 0 radical (unpaired) electrons. The third kappa shape index (κ3) is 2.74. The molecule has 0 bridgehead atoms. The van der Waals surface area contributed by atoms with E-state index in [1.165, 1.54) is 6.20 Å². The quantitative estimate of drug-likeness (QED) is 0.766. The second kappa shape index (κ2) is 5.14. The number of carbonyl (C=O) groups excluding carboxylic acids is 1. The van der Waals surface area contributed by atoms with Crippen molar-refractivity contribution in [2.75, 3.05) is 39.0 Å². The summed E-state index contributed by atoms with van der Waals surface area (Å²) >= 11 is 0. The van der Waals surface area contributed by atoms with E-state index in [0.717, 1.165) is 32.6 Å². The number of aromatic nitrogens is 1. The molecule has 2 heterocycles. The maximum Gasteiger partial charge on any atom is 0.256 e. The van der Waals surface area contributed by atoms with Gasteiger partial charge in [-0.3, -0.25) is 9.78 Å². The van der Waals surface area contributed by atoms with E-state index in [2.05, 4.69) is 16.9 Å². The number of likely N-dealkylation sites (N-methyl/N-ethyl adjacent to an activating group) is 1. The summed E-state index contributed by atoms with van der Waals surface area (Å²) in [6.07, 6.45) is 4.14. The van der Waals surface area contributed by atoms with Crippen molar-refractivity contribution in [1.29, 1.82) is 0 Å². The van der Waals surface area contributed by atoms with E-state index < -0.39 is 0 Å². The molecule has 17 heavy (non-hydrogen) atoms. The molecule has 5 nitrogen and oxygen atoms in total. The lowest BCUT2D eigenvalue weighted by atomic mass is 10.2. The van der Waals surface area contributed by atoms with Gasteiger partial charge in [-0.1, -0.05) is 0 Å². The largest absolute Gasteiger partial charge is 0.397 e. The van der Waals surface area contributed by atoms with Crippen LogP contribution in [0.1, 0.15) is 16.8 Å². The van der Waals surface area contributed by atoms with Crippen molar-refractivity contribution in [3.8, 4) is 0 Å². The Balaban J connectivity index is 2.12. The Morgan fingerprint density at radius 2 is 2.18 bits per heavy atom. The molecule has 92 valence electrons. The highest BCUT2D eigenvalue weighted by Gasteiger charge is 2.20. The van der Waals surface area contributed by atoms with Gasteiger partial charge in [0.05, 0.1) is 17.4 Å². The number of hydrogen-bond acceptors (Lipinski definition) is 4. The minimum absolute atomic E-state index is 0.0141. The average Bonchev–Trinajstić information content (AvgIpc) is 2.54. The zero-order valence-electron chi connectivity index (χ0n) is 10.1. The first-order chi connectivity index (χ1) is 8.18. The van der Waals surface area contributed by atoms with Crippen molar-refractivity contribution in [2.45, 2.75) is 6.42 Å². The Labute approximate surface area is 101 Å². The maximum atomic E-state index is 12.3. The highest BCUT2D eigenvalue weighted by molar-refractivity contribution is 5.98. The first-order valence-electron chi connectivity index (χ1n) is 5.86. The second-order valence-electron chi connectivity index (χ2n) is 4.41. The highest BCUT2D eigenvalue weighted by Crippen LogP contribution is 2.13. The van der Waals surface area contributed by atoms with Crippen molar-refractivity contribution in [3.63, 3.8) is 0 Å². The van der Waals surface area contributed by atoms with Gasteiger partial charge >= 0.3 is 0 Å². The van der Waals surface area contributed by atoms with E-state index in [0.29, 0.717) is 11.3 Å². The summed E-state index contributed by atoms with van der Waals surface area (Å²) in [4.78, 5) is 20.3. The number of nitrogen functional groups attached to an aromatic ring is 1. The number of carbonyl (C=O) groups is 1. The molecule has 1 saturated heterocycles. The third-order valence-electron chi connectivity index (χ3n) is 3.09. The summed E-state index contributed by atoms with van der Waals surface area (Å²) < 4.78 is 0. The number of rotatable bonds is 1. The topological polar surface area (TPSA) is 62.5 Å². The van der Waals surface area contributed by atoms with E-state index in [-0.39, 0.29) is 5.91 Å². The van der Waals surface area contributed by atoms with Crippen LogP contribution in [0.15, 0.2) is 18.5 Å². The summed E-state index contributed by atoms with van der Waals surface area (Å²) in [7, 11) is 2.08. The molecule has 1 fully saturated rings. The third-order valence-corrected chi connectivity index (χ3v) is 3.09. The molecule has 0 unspecified atom stereocenters. The van der Waals surface area contributed by atoms with E-state index in [1.807, 2.05) is 4.90 Å². The van der Waals surface area contributed by atoms with Crippen molar-refractivity contribution < 1.29 is 4.79 Å². The minimum Gasteiger partial charge on any atom is -0.397 e. The maximum absolute atomic E-state index is 12.3. The molecule has 0 aromatic carbocycles. The van der Waals surface area contributed by atoms with Crippen LogP contribution in [-0.2, 0) is 0 Å². The molecular weight excluding hydrogens is 216 g/mol. The SMILES string of the molecule is CN1CCCN(C(=O)c2ccncc2N)CC1. The molecule has 0 atom stereocenters. The van der Waals surface area contributed by atoms with Crippen LogP contribution >= 0.6 is 0 Å². The normalized spacial score (nSPS) is 17.8. The molecule has 0 aliphatic carbocycles. The van der Waals surface area contributed by atoms with Crippen molar-refractivity contribution in [1.82, 2.24) is 14.8 Å². The number of nitrogens with zero attached hydrogens (tertiary/aromatic N) is 3. The predicted molar refractivity (Wildman–Crippen MR) is 66.7 cm³/mol. The van der Waals surface area contributed by atoms with E-state index in [4.69, 9.17) is 5.73 Å². The zero-order valence-corrected chi connectivity index (χ0v) is 10.1. The molecular formula is C12H18N4O. The highest BCUT2D eigenvalue weighted by atomic mass is 16.2. The van der Waals surface area contributed by atoms with Gasteiger partial charge in [0.15, 0.2) is 0 Å². The molecule has 0 saturated carbocycles. The van der Waals surface area contributed by atoms with E-state index in [1.54, 1.807) is 12.3 Å². The summed E-state index contributed by atoms with van der Waals surface area (Å²) in [6.45, 7) is 3.51. The smallest absolute Gasteiger partial charge is 0.256 e. The average molecular weight is 234 g/mol. The van der Waals surface area contributed by atoms with Gasteiger partial charge < -0.3 is 15.5 Å². The van der Waals surface area contributed by atoms with Crippen LogP contribution in [-0.4, -0.2) is 53.9 Å². The Morgan fingerprint density at radius 1 is 1.35 bits per heavy atom. The van der Waals surface area contributed by atoms with Crippen molar-refractivity contribution >= 4 is 11.6 Å². The van der Waals surface area contributed by atoms with Crippen LogP contribution in [0.5, 0.6) is 0 Å². The van der Waals surface area contributed by atoms with Gasteiger partial charge in [0.25, 0.3) is 5.91 Å². The van der Waals surface area contributed by atoms with E-state index in [9.17, 15) is 4.79 Å². The number of pyridine rings is 1. The van der Waals surface area contributed by atoms with Gasteiger partial charge in [0.1, 0.15) is 0 Å². The number of anilines is 1. The number of hydrogen-bond donors (Lipinski definition) is 1. The first kappa shape index (κ1) is 11.9. The first-order valence-corrected chi connectivity index (χ1v) is 5.86. The second-order valence-corrected chi connectivity index (χ2v) is 4.41. The fourth-order valence-corrected chi connectivity index (χ4v) is 2.02. The minimum atomic E-state index is 0.0141. The molecule has 1 aliphatic rings. The van der Waals surface area contributed by atoms with Crippen LogP contribution in [0.2, 0.25) is 0 Å². The van der Waals surface area contributed by atoms with Crippen LogP contribution in [0.25, 0.3) is 0 Å². The van der Waals surface area contributed by atoms with Gasteiger partial charge in [-0.25, -0.2) is 0 Å². The lowest BCUT2D eigenvalue weighted by Crippen LogP contribution is -2.34. The monoisotopic (exact) mass is 234 g/mol. The van der Waals surface area contributed by atoms with Crippen LogP contribution in [0, 0.1) is 0 Å². The van der Waals surface area contributed by atoms with Gasteiger partial charge in [-0.2, -0.15) is 0 Å². The molecule has 1 aromatic heterocycles. The molecule has 2 N–H and O–H groups in total. The lowest BCUT2D eigenvalue weighted by molar-refractivity contribution is 0.0764. The van der Waals surface area contributed by atoms with Crippen LogP contribution in [0.3, 0.4) is 0 Å². The molecule has 0 spiro atoms. The lowest BCUT2D eigenvalue weighted by Gasteiger charge is -2.21. The molecule has 1 aliphatic heterocycles. The van der Waals surface area contributed by atoms with Gasteiger partial charge in [-0.15, -0.1) is 0 Å². The predicted octanol–water partition coefficient (Wildman–Crippen LogP) is 0.442. The fraction of sp³-hybridized carbons (Fsp3) is 0.500.